The molecular formula is C14H12F3N3O3S. The molecule has 0 aliphatic carbocycles. The summed E-state index contributed by atoms with van der Waals surface area (Å²) in [5, 5.41) is 2.36. The molecule has 0 spiro atoms. The SMILES string of the molecule is O=C(NNc1ccc(S(=O)(=O)C(F)F)cc1)Nc1cccc(F)c1. The van der Waals surface area contributed by atoms with Crippen molar-refractivity contribution in [1.29, 1.82) is 0 Å². The molecule has 0 saturated heterocycles. The molecule has 2 aromatic rings. The first-order valence-corrected chi connectivity index (χ1v) is 8.04. The zero-order valence-electron chi connectivity index (χ0n) is 12.0. The van der Waals surface area contributed by atoms with Gasteiger partial charge in [-0.1, -0.05) is 6.07 Å². The third kappa shape index (κ3) is 4.38. The van der Waals surface area contributed by atoms with Crippen LogP contribution < -0.4 is 16.2 Å². The highest BCUT2D eigenvalue weighted by Crippen LogP contribution is 2.19. The number of hydrogen-bond donors (Lipinski definition) is 3. The van der Waals surface area contributed by atoms with Gasteiger partial charge in [-0.05, 0) is 42.5 Å². The van der Waals surface area contributed by atoms with Crippen molar-refractivity contribution in [3.05, 3.63) is 54.3 Å². The Hall–Kier alpha value is -2.75. The second-order valence-electron chi connectivity index (χ2n) is 4.54. The van der Waals surface area contributed by atoms with Gasteiger partial charge in [0, 0.05) is 5.69 Å². The molecule has 0 heterocycles. The highest BCUT2D eigenvalue weighted by atomic mass is 32.2. The summed E-state index contributed by atoms with van der Waals surface area (Å²) < 4.78 is 60.3. The maximum absolute atomic E-state index is 13.0. The number of amides is 2. The van der Waals surface area contributed by atoms with Gasteiger partial charge in [0.1, 0.15) is 5.82 Å². The molecule has 3 N–H and O–H groups in total. The fraction of sp³-hybridized carbons (Fsp3) is 0.0714. The number of nitrogens with one attached hydrogen (secondary N) is 3. The number of halogens is 3. The third-order valence-corrected chi connectivity index (χ3v) is 4.22. The summed E-state index contributed by atoms with van der Waals surface area (Å²) in [5.41, 5.74) is 5.17. The summed E-state index contributed by atoms with van der Waals surface area (Å²) in [7, 11) is -4.67. The first kappa shape index (κ1) is 17.6. The molecule has 6 nitrogen and oxygen atoms in total. The van der Waals surface area contributed by atoms with Crippen molar-refractivity contribution >= 4 is 27.2 Å². The van der Waals surface area contributed by atoms with Crippen LogP contribution in [-0.4, -0.2) is 20.2 Å². The Morgan fingerprint density at radius 1 is 1.00 bits per heavy atom. The van der Waals surface area contributed by atoms with Crippen LogP contribution in [-0.2, 0) is 9.84 Å². The van der Waals surface area contributed by atoms with Gasteiger partial charge in [0.2, 0.25) is 9.84 Å². The predicted octanol–water partition coefficient (Wildman–Crippen LogP) is 2.97. The second-order valence-corrected chi connectivity index (χ2v) is 6.46. The van der Waals surface area contributed by atoms with E-state index in [2.05, 4.69) is 16.2 Å². The maximum Gasteiger partial charge on any atom is 0.341 e. The van der Waals surface area contributed by atoms with Crippen LogP contribution in [0.5, 0.6) is 0 Å². The van der Waals surface area contributed by atoms with E-state index in [1.165, 1.54) is 30.3 Å². The van der Waals surface area contributed by atoms with Gasteiger partial charge >= 0.3 is 11.8 Å². The maximum atomic E-state index is 13.0. The van der Waals surface area contributed by atoms with E-state index in [4.69, 9.17) is 0 Å². The fourth-order valence-electron chi connectivity index (χ4n) is 1.69. The molecule has 10 heteroatoms. The Labute approximate surface area is 135 Å². The Balaban J connectivity index is 1.94. The van der Waals surface area contributed by atoms with Gasteiger partial charge in [-0.2, -0.15) is 8.78 Å². The second kappa shape index (κ2) is 7.21. The van der Waals surface area contributed by atoms with E-state index in [0.29, 0.717) is 0 Å². The molecule has 0 saturated carbocycles. The lowest BCUT2D eigenvalue weighted by Crippen LogP contribution is -2.33. The Kier molecular flexibility index (Phi) is 5.29. The number of carbonyl (C=O) groups excluding carboxylic acids is 1. The minimum Gasteiger partial charge on any atom is -0.306 e. The summed E-state index contributed by atoms with van der Waals surface area (Å²) >= 11 is 0. The molecule has 0 bridgehead atoms. The summed E-state index contributed by atoms with van der Waals surface area (Å²) in [4.78, 5) is 11.1. The molecule has 128 valence electrons. The molecule has 0 radical (unpaired) electrons. The van der Waals surface area contributed by atoms with Gasteiger partial charge in [0.25, 0.3) is 0 Å². The van der Waals surface area contributed by atoms with E-state index < -0.39 is 32.3 Å². The van der Waals surface area contributed by atoms with Crippen LogP contribution >= 0.6 is 0 Å². The molecule has 0 atom stereocenters. The number of anilines is 2. The van der Waals surface area contributed by atoms with Crippen LogP contribution in [0.25, 0.3) is 0 Å². The topological polar surface area (TPSA) is 87.3 Å². The van der Waals surface area contributed by atoms with Crippen molar-refractivity contribution in [1.82, 2.24) is 5.43 Å². The zero-order chi connectivity index (χ0) is 17.7. The van der Waals surface area contributed by atoms with Crippen LogP contribution in [0.4, 0.5) is 29.3 Å². The Morgan fingerprint density at radius 3 is 2.25 bits per heavy atom. The normalized spacial score (nSPS) is 11.2. The number of hydrogen-bond acceptors (Lipinski definition) is 4. The van der Waals surface area contributed by atoms with Crippen molar-refractivity contribution in [2.45, 2.75) is 10.7 Å². The summed E-state index contributed by atoms with van der Waals surface area (Å²) in [6, 6.07) is 8.90. The summed E-state index contributed by atoms with van der Waals surface area (Å²) in [6.45, 7) is 0. The molecule has 0 fully saturated rings. The zero-order valence-corrected chi connectivity index (χ0v) is 12.8. The summed E-state index contributed by atoms with van der Waals surface area (Å²) in [6.07, 6.45) is 0. The Morgan fingerprint density at radius 2 is 1.67 bits per heavy atom. The lowest BCUT2D eigenvalue weighted by Gasteiger charge is -2.10. The first-order valence-electron chi connectivity index (χ1n) is 6.50. The highest BCUT2D eigenvalue weighted by molar-refractivity contribution is 7.91. The van der Waals surface area contributed by atoms with Gasteiger partial charge in [-0.25, -0.2) is 17.6 Å². The lowest BCUT2D eigenvalue weighted by atomic mass is 10.3. The van der Waals surface area contributed by atoms with Gasteiger partial charge in [0.15, 0.2) is 0 Å². The first-order chi connectivity index (χ1) is 11.3. The number of rotatable bonds is 5. The van der Waals surface area contributed by atoms with Crippen molar-refractivity contribution in [2.24, 2.45) is 0 Å². The van der Waals surface area contributed by atoms with Gasteiger partial charge in [-0.3, -0.25) is 10.9 Å². The quantitative estimate of drug-likeness (QED) is 0.717. The fourth-order valence-corrected chi connectivity index (χ4v) is 2.41. The van der Waals surface area contributed by atoms with Gasteiger partial charge in [-0.15, -0.1) is 0 Å². The van der Waals surface area contributed by atoms with Gasteiger partial charge in [0.05, 0.1) is 10.6 Å². The Bertz CT molecular complexity index is 827. The van der Waals surface area contributed by atoms with E-state index in [1.54, 1.807) is 0 Å². The molecular weight excluding hydrogens is 347 g/mol. The average Bonchev–Trinajstić information content (AvgIpc) is 2.53. The van der Waals surface area contributed by atoms with Crippen LogP contribution in [0.15, 0.2) is 53.4 Å². The van der Waals surface area contributed by atoms with E-state index in [0.717, 1.165) is 18.2 Å². The lowest BCUT2D eigenvalue weighted by molar-refractivity contribution is 0.234. The van der Waals surface area contributed by atoms with E-state index in [1.807, 2.05) is 0 Å². The number of hydrazine groups is 1. The standard InChI is InChI=1S/C14H12F3N3O3S/c15-9-2-1-3-11(8-9)18-14(21)20-19-10-4-6-12(7-5-10)24(22,23)13(16)17/h1-8,13,19H,(H2,18,20,21). The van der Waals surface area contributed by atoms with E-state index in [9.17, 15) is 26.4 Å². The largest absolute Gasteiger partial charge is 0.341 e. The van der Waals surface area contributed by atoms with Crippen LogP contribution in [0.1, 0.15) is 0 Å². The molecule has 0 aliphatic rings. The monoisotopic (exact) mass is 359 g/mol. The average molecular weight is 359 g/mol. The highest BCUT2D eigenvalue weighted by Gasteiger charge is 2.26. The van der Waals surface area contributed by atoms with Gasteiger partial charge < -0.3 is 5.32 Å². The third-order valence-electron chi connectivity index (χ3n) is 2.82. The number of carbonyl (C=O) groups is 1. The van der Waals surface area contributed by atoms with Crippen molar-refractivity contribution in [3.8, 4) is 0 Å². The van der Waals surface area contributed by atoms with E-state index in [-0.39, 0.29) is 11.4 Å². The molecule has 0 aliphatic heterocycles. The number of sulfone groups is 1. The van der Waals surface area contributed by atoms with Crippen LogP contribution in [0.3, 0.4) is 0 Å². The molecule has 2 rings (SSSR count). The van der Waals surface area contributed by atoms with Crippen molar-refractivity contribution in [3.63, 3.8) is 0 Å². The van der Waals surface area contributed by atoms with Crippen LogP contribution in [0.2, 0.25) is 0 Å². The summed E-state index contributed by atoms with van der Waals surface area (Å²) in [5.74, 6) is -4.02. The van der Waals surface area contributed by atoms with Crippen molar-refractivity contribution in [2.75, 3.05) is 10.7 Å². The number of urea groups is 1. The molecule has 0 aromatic heterocycles. The van der Waals surface area contributed by atoms with Crippen molar-refractivity contribution < 1.29 is 26.4 Å². The smallest absolute Gasteiger partial charge is 0.306 e. The van der Waals surface area contributed by atoms with E-state index >= 15 is 0 Å². The molecule has 2 aromatic carbocycles. The molecule has 24 heavy (non-hydrogen) atoms. The molecule has 0 unspecified atom stereocenters. The minimum absolute atomic E-state index is 0.229. The predicted molar refractivity (Wildman–Crippen MR) is 81.8 cm³/mol. The molecule has 2 amide bonds. The minimum atomic E-state index is -4.67. The number of alkyl halides is 2. The number of benzene rings is 2. The van der Waals surface area contributed by atoms with Crippen LogP contribution in [0, 0.1) is 5.82 Å².